The smallest absolute Gasteiger partial charge is 0.145 e. The first-order valence-corrected chi connectivity index (χ1v) is 6.37. The van der Waals surface area contributed by atoms with Gasteiger partial charge in [-0.05, 0) is 34.5 Å². The first-order chi connectivity index (χ1) is 8.49. The lowest BCUT2D eigenvalue weighted by molar-refractivity contribution is 0.612. The van der Waals surface area contributed by atoms with E-state index in [1.807, 2.05) is 0 Å². The number of nitrogen functional groups attached to an aromatic ring is 1. The van der Waals surface area contributed by atoms with Crippen LogP contribution in [0.5, 0.6) is 0 Å². The minimum absolute atomic E-state index is 0.0919. The van der Waals surface area contributed by atoms with Gasteiger partial charge in [-0.1, -0.05) is 23.7 Å². The number of nitrogens with zero attached hydrogens (tertiary/aromatic N) is 2. The van der Waals surface area contributed by atoms with Crippen LogP contribution in [-0.4, -0.2) is 9.97 Å². The number of aromatic nitrogens is 2. The lowest BCUT2D eigenvalue weighted by atomic mass is 10.1. The summed E-state index contributed by atoms with van der Waals surface area (Å²) in [5, 5.41) is 0.0919. The molecule has 2 aromatic rings. The number of halogens is 3. The Morgan fingerprint density at radius 1 is 1.39 bits per heavy atom. The topological polar surface area (TPSA) is 51.8 Å². The quantitative estimate of drug-likeness (QED) is 0.916. The Hall–Kier alpha value is -1.20. The first kappa shape index (κ1) is 13.2. The van der Waals surface area contributed by atoms with Gasteiger partial charge in [0.15, 0.2) is 0 Å². The van der Waals surface area contributed by atoms with Crippen molar-refractivity contribution in [2.75, 3.05) is 5.73 Å². The second-order valence-corrected chi connectivity index (χ2v) is 5.01. The van der Waals surface area contributed by atoms with Crippen LogP contribution in [0, 0.1) is 12.7 Å². The third kappa shape index (κ3) is 2.62. The van der Waals surface area contributed by atoms with Gasteiger partial charge in [0.05, 0.1) is 15.2 Å². The number of benzene rings is 1. The standard InChI is InChI=1S/C12H10BrClFN3/c1-6-10(13)12(16)18-9(17-6)5-7-3-2-4-8(14)11(7)15/h2-4H,5H2,1H3,(H2,16,17,18). The Kier molecular flexibility index (Phi) is 3.82. The Morgan fingerprint density at radius 3 is 2.78 bits per heavy atom. The first-order valence-electron chi connectivity index (χ1n) is 5.20. The van der Waals surface area contributed by atoms with Gasteiger partial charge in [-0.15, -0.1) is 0 Å². The lowest BCUT2D eigenvalue weighted by Crippen LogP contribution is -2.05. The lowest BCUT2D eigenvalue weighted by Gasteiger charge is -2.07. The molecule has 0 spiro atoms. The number of nitrogens with two attached hydrogens (primary N) is 1. The van der Waals surface area contributed by atoms with Gasteiger partial charge in [0.2, 0.25) is 0 Å². The van der Waals surface area contributed by atoms with Crippen LogP contribution in [0.15, 0.2) is 22.7 Å². The molecule has 18 heavy (non-hydrogen) atoms. The highest BCUT2D eigenvalue weighted by Crippen LogP contribution is 2.23. The molecule has 2 rings (SSSR count). The molecule has 0 radical (unpaired) electrons. The van der Waals surface area contributed by atoms with Gasteiger partial charge in [-0.2, -0.15) is 0 Å². The fourth-order valence-electron chi connectivity index (χ4n) is 1.58. The molecule has 6 heteroatoms. The summed E-state index contributed by atoms with van der Waals surface area (Å²) >= 11 is 9.00. The van der Waals surface area contributed by atoms with E-state index >= 15 is 0 Å². The molecule has 0 fully saturated rings. The van der Waals surface area contributed by atoms with Crippen molar-refractivity contribution in [3.63, 3.8) is 0 Å². The number of rotatable bonds is 2. The molecule has 0 bridgehead atoms. The van der Waals surface area contributed by atoms with Crippen molar-refractivity contribution in [2.24, 2.45) is 0 Å². The van der Waals surface area contributed by atoms with E-state index in [4.69, 9.17) is 17.3 Å². The molecule has 0 unspecified atom stereocenters. The van der Waals surface area contributed by atoms with E-state index < -0.39 is 5.82 Å². The zero-order valence-electron chi connectivity index (χ0n) is 9.54. The summed E-state index contributed by atoms with van der Waals surface area (Å²) in [6.07, 6.45) is 0.255. The van der Waals surface area contributed by atoms with Gasteiger partial charge in [0.25, 0.3) is 0 Å². The van der Waals surface area contributed by atoms with Crippen LogP contribution < -0.4 is 5.73 Å². The molecule has 0 amide bonds. The third-order valence-electron chi connectivity index (χ3n) is 2.47. The van der Waals surface area contributed by atoms with Crippen molar-refractivity contribution in [3.05, 3.63) is 50.6 Å². The molecule has 3 nitrogen and oxygen atoms in total. The maximum absolute atomic E-state index is 13.7. The van der Waals surface area contributed by atoms with Crippen LogP contribution in [0.4, 0.5) is 10.2 Å². The summed E-state index contributed by atoms with van der Waals surface area (Å²) in [6, 6.07) is 4.84. The number of hydrogen-bond donors (Lipinski definition) is 1. The molecule has 0 saturated heterocycles. The SMILES string of the molecule is Cc1nc(Cc2cccc(Cl)c2F)nc(N)c1Br. The van der Waals surface area contributed by atoms with Crippen LogP contribution in [0.2, 0.25) is 5.02 Å². The molecule has 2 N–H and O–H groups in total. The summed E-state index contributed by atoms with van der Waals surface area (Å²) < 4.78 is 14.4. The molecule has 0 aliphatic rings. The van der Waals surface area contributed by atoms with E-state index in [0.717, 1.165) is 5.69 Å². The van der Waals surface area contributed by atoms with E-state index in [2.05, 4.69) is 25.9 Å². The number of aryl methyl sites for hydroxylation is 1. The predicted octanol–water partition coefficient (Wildman–Crippen LogP) is 3.51. The molecular formula is C12H10BrClFN3. The van der Waals surface area contributed by atoms with Crippen molar-refractivity contribution in [1.82, 2.24) is 9.97 Å². The largest absolute Gasteiger partial charge is 0.383 e. The number of anilines is 1. The van der Waals surface area contributed by atoms with Crippen molar-refractivity contribution in [3.8, 4) is 0 Å². The molecule has 1 aromatic carbocycles. The summed E-state index contributed by atoms with van der Waals surface area (Å²) in [6.45, 7) is 1.81. The van der Waals surface area contributed by atoms with Crippen molar-refractivity contribution >= 4 is 33.3 Å². The zero-order chi connectivity index (χ0) is 13.3. The highest BCUT2D eigenvalue weighted by molar-refractivity contribution is 9.10. The monoisotopic (exact) mass is 329 g/mol. The zero-order valence-corrected chi connectivity index (χ0v) is 11.9. The fourth-order valence-corrected chi connectivity index (χ4v) is 1.95. The van der Waals surface area contributed by atoms with Gasteiger partial charge < -0.3 is 5.73 Å². The van der Waals surface area contributed by atoms with E-state index in [9.17, 15) is 4.39 Å². The molecule has 1 aromatic heterocycles. The third-order valence-corrected chi connectivity index (χ3v) is 3.74. The Balaban J connectivity index is 2.37. The highest BCUT2D eigenvalue weighted by Gasteiger charge is 2.11. The normalized spacial score (nSPS) is 10.7. The van der Waals surface area contributed by atoms with Crippen molar-refractivity contribution < 1.29 is 4.39 Å². The van der Waals surface area contributed by atoms with Gasteiger partial charge in [-0.3, -0.25) is 0 Å². The maximum Gasteiger partial charge on any atom is 0.145 e. The van der Waals surface area contributed by atoms with E-state index in [1.54, 1.807) is 19.1 Å². The molecule has 1 heterocycles. The Labute approximate surface area is 117 Å². The minimum atomic E-state index is -0.443. The average molecular weight is 331 g/mol. The van der Waals surface area contributed by atoms with Crippen LogP contribution in [0.25, 0.3) is 0 Å². The van der Waals surface area contributed by atoms with E-state index in [-0.39, 0.29) is 11.4 Å². The number of hydrogen-bond acceptors (Lipinski definition) is 3. The highest BCUT2D eigenvalue weighted by atomic mass is 79.9. The molecular weight excluding hydrogens is 321 g/mol. The summed E-state index contributed by atoms with van der Waals surface area (Å²) in [4.78, 5) is 8.36. The van der Waals surface area contributed by atoms with Crippen molar-refractivity contribution in [1.29, 1.82) is 0 Å². The summed E-state index contributed by atoms with van der Waals surface area (Å²) in [5.74, 6) is 0.371. The van der Waals surface area contributed by atoms with Crippen LogP contribution in [-0.2, 0) is 6.42 Å². The molecule has 0 atom stereocenters. The molecule has 0 aliphatic heterocycles. The maximum atomic E-state index is 13.7. The van der Waals surface area contributed by atoms with Crippen LogP contribution in [0.1, 0.15) is 17.1 Å². The van der Waals surface area contributed by atoms with Gasteiger partial charge in [-0.25, -0.2) is 14.4 Å². The fraction of sp³-hybridized carbons (Fsp3) is 0.167. The van der Waals surface area contributed by atoms with Crippen molar-refractivity contribution in [2.45, 2.75) is 13.3 Å². The second-order valence-electron chi connectivity index (χ2n) is 3.81. The van der Waals surface area contributed by atoms with Crippen LogP contribution >= 0.6 is 27.5 Å². The molecule has 0 aliphatic carbocycles. The Morgan fingerprint density at radius 2 is 2.11 bits per heavy atom. The second kappa shape index (κ2) is 5.20. The minimum Gasteiger partial charge on any atom is -0.383 e. The van der Waals surface area contributed by atoms with E-state index in [0.29, 0.717) is 21.7 Å². The van der Waals surface area contributed by atoms with E-state index in [1.165, 1.54) is 6.07 Å². The molecule has 94 valence electrons. The molecule has 0 saturated carbocycles. The van der Waals surface area contributed by atoms with Crippen LogP contribution in [0.3, 0.4) is 0 Å². The van der Waals surface area contributed by atoms with Gasteiger partial charge in [0, 0.05) is 6.42 Å². The van der Waals surface area contributed by atoms with Gasteiger partial charge in [0.1, 0.15) is 17.5 Å². The summed E-state index contributed by atoms with van der Waals surface area (Å²) in [7, 11) is 0. The predicted molar refractivity (Wildman–Crippen MR) is 73.1 cm³/mol. The van der Waals surface area contributed by atoms with Gasteiger partial charge >= 0.3 is 0 Å². The average Bonchev–Trinajstić information content (AvgIpc) is 2.32. The summed E-state index contributed by atoms with van der Waals surface area (Å²) in [5.41, 5.74) is 6.90. The Bertz CT molecular complexity index is 581.